The highest BCUT2D eigenvalue weighted by atomic mass is 16.3. The summed E-state index contributed by atoms with van der Waals surface area (Å²) in [6.45, 7) is 2.24. The highest BCUT2D eigenvalue weighted by Crippen LogP contribution is 2.54. The van der Waals surface area contributed by atoms with Gasteiger partial charge in [0.05, 0.1) is 31.5 Å². The molecule has 3 aromatic rings. The fraction of sp³-hybridized carbons (Fsp3) is 0.556. The number of aromatic nitrogens is 7. The van der Waals surface area contributed by atoms with Gasteiger partial charge in [-0.15, -0.1) is 0 Å². The number of hydrogen-bond acceptors (Lipinski definition) is 6. The Hall–Kier alpha value is -2.52. The van der Waals surface area contributed by atoms with Crippen molar-refractivity contribution in [3.8, 4) is 11.4 Å². The number of aryl methyl sites for hydroxylation is 1. The molecule has 0 bridgehead atoms. The van der Waals surface area contributed by atoms with Crippen LogP contribution >= 0.6 is 0 Å². The molecule has 9 nitrogen and oxygen atoms in total. The lowest BCUT2D eigenvalue weighted by atomic mass is 10.2. The smallest absolute Gasteiger partial charge is 0.184 e. The van der Waals surface area contributed by atoms with Crippen LogP contribution < -0.4 is 0 Å². The Morgan fingerprint density at radius 3 is 2.78 bits per heavy atom. The summed E-state index contributed by atoms with van der Waals surface area (Å²) in [5.74, 6) is 2.55. The second-order valence-electron chi connectivity index (χ2n) is 7.36. The number of likely N-dealkylation sites (N-methyl/N-ethyl adjacent to an activating group) is 1. The highest BCUT2D eigenvalue weighted by molar-refractivity contribution is 5.52. The topological polar surface area (TPSA) is 89.8 Å². The average Bonchev–Trinajstić information content (AvgIpc) is 3.01. The minimum absolute atomic E-state index is 0.0610. The summed E-state index contributed by atoms with van der Waals surface area (Å²) in [6.07, 6.45) is 6.57. The zero-order valence-electron chi connectivity index (χ0n) is 16.0. The van der Waals surface area contributed by atoms with Crippen molar-refractivity contribution in [1.82, 2.24) is 39.2 Å². The van der Waals surface area contributed by atoms with Crippen LogP contribution in [0.4, 0.5) is 0 Å². The van der Waals surface area contributed by atoms with E-state index < -0.39 is 0 Å². The van der Waals surface area contributed by atoms with Gasteiger partial charge in [-0.1, -0.05) is 0 Å². The minimum atomic E-state index is 0.0610. The van der Waals surface area contributed by atoms with Crippen LogP contribution in [0, 0.1) is 0 Å². The standard InChI is InChI=1S/C18H26N8O/c1-23(2)6-7-26-18(15-10-14(15)16-4-5-19-24(16)3)21-17(22-26)13-11-20-25(12-13)8-9-27/h4-5,11-12,14-15,27H,6-10H2,1-3H3/t14-,15-/m1/s1. The maximum Gasteiger partial charge on any atom is 0.184 e. The van der Waals surface area contributed by atoms with Crippen LogP contribution in [0.1, 0.15) is 29.8 Å². The van der Waals surface area contributed by atoms with E-state index in [-0.39, 0.29) is 6.61 Å². The molecule has 1 aliphatic carbocycles. The van der Waals surface area contributed by atoms with Gasteiger partial charge in [0.25, 0.3) is 0 Å². The second-order valence-corrected chi connectivity index (χ2v) is 7.36. The van der Waals surface area contributed by atoms with E-state index >= 15 is 0 Å². The molecule has 27 heavy (non-hydrogen) atoms. The molecule has 0 aliphatic heterocycles. The van der Waals surface area contributed by atoms with Gasteiger partial charge in [-0.25, -0.2) is 9.67 Å². The molecular formula is C18H26N8O. The summed E-state index contributed by atoms with van der Waals surface area (Å²) in [7, 11) is 6.11. The van der Waals surface area contributed by atoms with E-state index in [2.05, 4.69) is 35.3 Å². The normalized spacial score (nSPS) is 19.1. The van der Waals surface area contributed by atoms with Crippen molar-refractivity contribution < 1.29 is 5.11 Å². The predicted octanol–water partition coefficient (Wildman–Crippen LogP) is 0.700. The number of aliphatic hydroxyl groups excluding tert-OH is 1. The molecule has 0 aromatic carbocycles. The molecule has 0 saturated heterocycles. The molecule has 0 amide bonds. The summed E-state index contributed by atoms with van der Waals surface area (Å²) in [5.41, 5.74) is 2.13. The second kappa shape index (κ2) is 7.24. The van der Waals surface area contributed by atoms with Gasteiger partial charge in [0.15, 0.2) is 5.82 Å². The van der Waals surface area contributed by atoms with Gasteiger partial charge < -0.3 is 10.0 Å². The molecule has 3 aromatic heterocycles. The van der Waals surface area contributed by atoms with Crippen LogP contribution in [0.25, 0.3) is 11.4 Å². The van der Waals surface area contributed by atoms with Crippen molar-refractivity contribution in [2.24, 2.45) is 7.05 Å². The third-order valence-electron chi connectivity index (χ3n) is 5.04. The van der Waals surface area contributed by atoms with Gasteiger partial charge in [-0.3, -0.25) is 9.36 Å². The third-order valence-corrected chi connectivity index (χ3v) is 5.04. The Labute approximate surface area is 158 Å². The van der Waals surface area contributed by atoms with Crippen LogP contribution in [0.3, 0.4) is 0 Å². The van der Waals surface area contributed by atoms with E-state index in [1.54, 1.807) is 10.9 Å². The summed E-state index contributed by atoms with van der Waals surface area (Å²) in [6, 6.07) is 2.09. The number of rotatable bonds is 8. The first-order chi connectivity index (χ1) is 13.1. The van der Waals surface area contributed by atoms with Crippen molar-refractivity contribution in [1.29, 1.82) is 0 Å². The molecule has 1 N–H and O–H groups in total. The molecule has 0 radical (unpaired) electrons. The van der Waals surface area contributed by atoms with Crippen LogP contribution in [-0.2, 0) is 20.1 Å². The zero-order chi connectivity index (χ0) is 19.0. The first kappa shape index (κ1) is 17.9. The Morgan fingerprint density at radius 1 is 1.22 bits per heavy atom. The van der Waals surface area contributed by atoms with E-state index in [0.717, 1.165) is 30.9 Å². The van der Waals surface area contributed by atoms with Crippen LogP contribution in [-0.4, -0.2) is 71.6 Å². The summed E-state index contributed by atoms with van der Waals surface area (Å²) in [5, 5.41) is 22.4. The minimum Gasteiger partial charge on any atom is -0.394 e. The molecule has 144 valence electrons. The molecule has 3 heterocycles. The van der Waals surface area contributed by atoms with Gasteiger partial charge in [0, 0.05) is 43.5 Å². The number of hydrogen-bond donors (Lipinski definition) is 1. The summed E-state index contributed by atoms with van der Waals surface area (Å²) in [4.78, 5) is 7.02. The lowest BCUT2D eigenvalue weighted by Gasteiger charge is -2.10. The maximum absolute atomic E-state index is 9.08. The number of aliphatic hydroxyl groups is 1. The monoisotopic (exact) mass is 370 g/mol. The number of nitrogens with zero attached hydrogens (tertiary/aromatic N) is 8. The van der Waals surface area contributed by atoms with Gasteiger partial charge in [0.2, 0.25) is 0 Å². The quantitative estimate of drug-likeness (QED) is 0.628. The van der Waals surface area contributed by atoms with Crippen molar-refractivity contribution in [2.75, 3.05) is 27.2 Å². The van der Waals surface area contributed by atoms with Crippen molar-refractivity contribution in [2.45, 2.75) is 31.3 Å². The van der Waals surface area contributed by atoms with E-state index in [1.165, 1.54) is 5.69 Å². The third kappa shape index (κ3) is 3.65. The van der Waals surface area contributed by atoms with E-state index in [0.29, 0.717) is 24.2 Å². The van der Waals surface area contributed by atoms with Gasteiger partial charge in [0.1, 0.15) is 5.82 Å². The van der Waals surface area contributed by atoms with Crippen LogP contribution in [0.5, 0.6) is 0 Å². The van der Waals surface area contributed by atoms with Gasteiger partial charge in [-0.05, 0) is 26.6 Å². The molecule has 4 rings (SSSR count). The van der Waals surface area contributed by atoms with E-state index in [1.807, 2.05) is 28.8 Å². The predicted molar refractivity (Wildman–Crippen MR) is 100 cm³/mol. The Kier molecular flexibility index (Phi) is 4.79. The van der Waals surface area contributed by atoms with E-state index in [9.17, 15) is 0 Å². The largest absolute Gasteiger partial charge is 0.394 e. The molecule has 1 fully saturated rings. The molecule has 9 heteroatoms. The maximum atomic E-state index is 9.08. The Bertz CT molecular complexity index is 908. The van der Waals surface area contributed by atoms with Crippen LogP contribution in [0.2, 0.25) is 0 Å². The average molecular weight is 370 g/mol. The molecule has 2 atom stereocenters. The first-order valence-electron chi connectivity index (χ1n) is 9.28. The lowest BCUT2D eigenvalue weighted by Crippen LogP contribution is -2.20. The summed E-state index contributed by atoms with van der Waals surface area (Å²) >= 11 is 0. The SMILES string of the molecule is CN(C)CCn1nc(-c2cnn(CCO)c2)nc1[C@@H]1C[C@H]1c1ccnn1C. The van der Waals surface area contributed by atoms with E-state index in [4.69, 9.17) is 15.2 Å². The molecule has 0 unspecified atom stereocenters. The lowest BCUT2D eigenvalue weighted by molar-refractivity contribution is 0.269. The molecule has 0 spiro atoms. The highest BCUT2D eigenvalue weighted by Gasteiger charge is 2.44. The van der Waals surface area contributed by atoms with Crippen molar-refractivity contribution in [3.05, 3.63) is 36.2 Å². The van der Waals surface area contributed by atoms with Crippen LogP contribution in [0.15, 0.2) is 24.7 Å². The molecular weight excluding hydrogens is 344 g/mol. The van der Waals surface area contributed by atoms with Crippen molar-refractivity contribution in [3.63, 3.8) is 0 Å². The molecule has 1 saturated carbocycles. The summed E-state index contributed by atoms with van der Waals surface area (Å²) < 4.78 is 5.70. The van der Waals surface area contributed by atoms with Gasteiger partial charge in [-0.2, -0.15) is 15.3 Å². The molecule has 1 aliphatic rings. The zero-order valence-corrected chi connectivity index (χ0v) is 16.0. The first-order valence-corrected chi connectivity index (χ1v) is 9.28. The Balaban J connectivity index is 1.61. The van der Waals surface area contributed by atoms with Gasteiger partial charge >= 0.3 is 0 Å². The Morgan fingerprint density at radius 2 is 2.07 bits per heavy atom. The van der Waals surface area contributed by atoms with Crippen molar-refractivity contribution >= 4 is 0 Å². The fourth-order valence-corrected chi connectivity index (χ4v) is 3.47. The fourth-order valence-electron chi connectivity index (χ4n) is 3.47.